The second-order valence-electron chi connectivity index (χ2n) is 4.14. The Morgan fingerprint density at radius 3 is 2.80 bits per heavy atom. The normalized spacial score (nSPS) is 11.4. The third kappa shape index (κ3) is 3.28. The highest BCUT2D eigenvalue weighted by atomic mass is 32.2. The van der Waals surface area contributed by atoms with Gasteiger partial charge in [-0.1, -0.05) is 12.1 Å². The maximum Gasteiger partial charge on any atom is 0.244 e. The first-order chi connectivity index (χ1) is 9.50. The van der Waals surface area contributed by atoms with Crippen LogP contribution < -0.4 is 15.2 Å². The molecule has 2 rings (SSSR count). The van der Waals surface area contributed by atoms with E-state index in [9.17, 15) is 8.42 Å². The highest BCUT2D eigenvalue weighted by molar-refractivity contribution is 7.89. The summed E-state index contributed by atoms with van der Waals surface area (Å²) >= 11 is 0. The van der Waals surface area contributed by atoms with Gasteiger partial charge in [0.05, 0.1) is 17.6 Å². The number of H-pyrrole nitrogens is 1. The molecule has 1 aromatic heterocycles. The van der Waals surface area contributed by atoms with Gasteiger partial charge in [-0.15, -0.1) is 0 Å². The van der Waals surface area contributed by atoms with Crippen molar-refractivity contribution in [2.24, 2.45) is 0 Å². The van der Waals surface area contributed by atoms with Crippen LogP contribution in [0, 0.1) is 6.92 Å². The summed E-state index contributed by atoms with van der Waals surface area (Å²) in [6, 6.07) is 7.04. The van der Waals surface area contributed by atoms with E-state index in [1.54, 1.807) is 31.2 Å². The summed E-state index contributed by atoms with van der Waals surface area (Å²) in [4.78, 5) is 0.136. The number of nitrogens with two attached hydrogens (primary N) is 1. The monoisotopic (exact) mass is 296 g/mol. The van der Waals surface area contributed by atoms with Gasteiger partial charge in [-0.3, -0.25) is 5.10 Å². The fourth-order valence-electron chi connectivity index (χ4n) is 1.64. The first-order valence-electron chi connectivity index (χ1n) is 5.97. The molecule has 0 saturated heterocycles. The van der Waals surface area contributed by atoms with Crippen molar-refractivity contribution in [3.8, 4) is 5.75 Å². The van der Waals surface area contributed by atoms with Gasteiger partial charge < -0.3 is 10.5 Å². The molecule has 1 aromatic carbocycles. The van der Waals surface area contributed by atoms with Crippen LogP contribution in [0.4, 0.5) is 5.69 Å². The number of sulfonamides is 1. The quantitative estimate of drug-likeness (QED) is 0.535. The highest BCUT2D eigenvalue weighted by Crippen LogP contribution is 2.19. The van der Waals surface area contributed by atoms with E-state index in [1.165, 1.54) is 6.20 Å². The van der Waals surface area contributed by atoms with Gasteiger partial charge in [0.25, 0.3) is 0 Å². The molecule has 4 N–H and O–H groups in total. The third-order valence-electron chi connectivity index (χ3n) is 2.64. The lowest BCUT2D eigenvalue weighted by molar-refractivity contribution is 0.324. The minimum atomic E-state index is -3.57. The van der Waals surface area contributed by atoms with Crippen LogP contribution in [0.25, 0.3) is 0 Å². The predicted molar refractivity (Wildman–Crippen MR) is 74.9 cm³/mol. The first kappa shape index (κ1) is 14.4. The number of nitrogens with one attached hydrogen (secondary N) is 2. The van der Waals surface area contributed by atoms with Crippen molar-refractivity contribution in [3.05, 3.63) is 36.2 Å². The number of benzene rings is 1. The summed E-state index contributed by atoms with van der Waals surface area (Å²) in [6.45, 7) is 1.97. The number of hydrogen-bond donors (Lipinski definition) is 3. The second kappa shape index (κ2) is 5.93. The molecule has 7 nitrogen and oxygen atoms in total. The number of nitrogen functional groups attached to an aromatic ring is 1. The number of aryl methyl sites for hydroxylation is 1. The maximum atomic E-state index is 11.9. The summed E-state index contributed by atoms with van der Waals surface area (Å²) in [7, 11) is -3.57. The fourth-order valence-corrected chi connectivity index (χ4v) is 2.79. The van der Waals surface area contributed by atoms with Gasteiger partial charge in [0, 0.05) is 6.54 Å². The zero-order valence-electron chi connectivity index (χ0n) is 11.0. The number of nitrogens with zero attached hydrogens (tertiary/aromatic N) is 1. The van der Waals surface area contributed by atoms with E-state index in [4.69, 9.17) is 10.5 Å². The summed E-state index contributed by atoms with van der Waals surface area (Å²) in [5, 5.41) is 6.26. The molecular weight excluding hydrogens is 280 g/mol. The van der Waals surface area contributed by atoms with E-state index in [0.29, 0.717) is 17.1 Å². The standard InChI is InChI=1S/C12H16N4O3S/c1-9-12(8-14-16-9)20(17,18)15-6-7-19-11-5-3-2-4-10(11)13/h2-5,8,15H,6-7,13H2,1H3,(H,14,16). The zero-order valence-corrected chi connectivity index (χ0v) is 11.8. The summed E-state index contributed by atoms with van der Waals surface area (Å²) in [5.41, 5.74) is 6.72. The SMILES string of the molecule is Cc1[nH]ncc1S(=O)(=O)NCCOc1ccccc1N. The van der Waals surface area contributed by atoms with Crippen LogP contribution in [-0.2, 0) is 10.0 Å². The van der Waals surface area contributed by atoms with E-state index in [1.807, 2.05) is 0 Å². The van der Waals surface area contributed by atoms with Crippen LogP contribution in [-0.4, -0.2) is 31.8 Å². The number of rotatable bonds is 6. The summed E-state index contributed by atoms with van der Waals surface area (Å²) in [5.74, 6) is 0.534. The zero-order chi connectivity index (χ0) is 14.6. The van der Waals surface area contributed by atoms with E-state index in [-0.39, 0.29) is 18.0 Å². The average Bonchev–Trinajstić information content (AvgIpc) is 2.84. The van der Waals surface area contributed by atoms with Crippen LogP contribution in [0.2, 0.25) is 0 Å². The molecule has 20 heavy (non-hydrogen) atoms. The summed E-state index contributed by atoms with van der Waals surface area (Å²) in [6.07, 6.45) is 1.27. The molecule has 0 radical (unpaired) electrons. The highest BCUT2D eigenvalue weighted by Gasteiger charge is 2.17. The molecule has 0 aliphatic rings. The number of para-hydroxylation sites is 2. The van der Waals surface area contributed by atoms with Crippen LogP contribution in [0.1, 0.15) is 5.69 Å². The van der Waals surface area contributed by atoms with Gasteiger partial charge >= 0.3 is 0 Å². The van der Waals surface area contributed by atoms with Gasteiger partial charge in [-0.05, 0) is 19.1 Å². The van der Waals surface area contributed by atoms with E-state index in [2.05, 4.69) is 14.9 Å². The van der Waals surface area contributed by atoms with Crippen LogP contribution in [0.5, 0.6) is 5.75 Å². The minimum absolute atomic E-state index is 0.136. The molecule has 0 aliphatic carbocycles. The molecule has 108 valence electrons. The lowest BCUT2D eigenvalue weighted by Crippen LogP contribution is -2.28. The molecule has 8 heteroatoms. The second-order valence-corrected chi connectivity index (χ2v) is 5.88. The molecule has 0 amide bonds. The largest absolute Gasteiger partial charge is 0.490 e. The van der Waals surface area contributed by atoms with Gasteiger partial charge in [0.2, 0.25) is 10.0 Å². The van der Waals surface area contributed by atoms with Crippen molar-refractivity contribution < 1.29 is 13.2 Å². The third-order valence-corrected chi connectivity index (χ3v) is 4.22. The number of aromatic amines is 1. The predicted octanol–water partition coefficient (Wildman–Crippen LogP) is 0.658. The number of ether oxygens (including phenoxy) is 1. The lowest BCUT2D eigenvalue weighted by Gasteiger charge is -2.09. The van der Waals surface area contributed by atoms with Crippen LogP contribution >= 0.6 is 0 Å². The molecule has 0 aliphatic heterocycles. The number of aromatic nitrogens is 2. The molecule has 0 fully saturated rings. The molecule has 0 unspecified atom stereocenters. The van der Waals surface area contributed by atoms with Gasteiger partial charge in [0.1, 0.15) is 17.3 Å². The Morgan fingerprint density at radius 2 is 2.15 bits per heavy atom. The molecule has 0 saturated carbocycles. The van der Waals surface area contributed by atoms with Gasteiger partial charge in [-0.25, -0.2) is 13.1 Å². The molecule has 1 heterocycles. The summed E-state index contributed by atoms with van der Waals surface area (Å²) < 4.78 is 31.7. The fraction of sp³-hybridized carbons (Fsp3) is 0.250. The van der Waals surface area contributed by atoms with Crippen LogP contribution in [0.15, 0.2) is 35.4 Å². The van der Waals surface area contributed by atoms with Crippen LogP contribution in [0.3, 0.4) is 0 Å². The Bertz CT molecular complexity index is 682. The average molecular weight is 296 g/mol. The first-order valence-corrected chi connectivity index (χ1v) is 7.46. The van der Waals surface area contributed by atoms with Crippen molar-refractivity contribution >= 4 is 15.7 Å². The maximum absolute atomic E-state index is 11.9. The van der Waals surface area contributed by atoms with Gasteiger partial charge in [-0.2, -0.15) is 5.10 Å². The van der Waals surface area contributed by atoms with Crippen molar-refractivity contribution in [2.45, 2.75) is 11.8 Å². The topological polar surface area (TPSA) is 110 Å². The van der Waals surface area contributed by atoms with Crippen molar-refractivity contribution in [1.82, 2.24) is 14.9 Å². The molecule has 0 spiro atoms. The van der Waals surface area contributed by atoms with Crippen molar-refractivity contribution in [1.29, 1.82) is 0 Å². The number of hydrogen-bond acceptors (Lipinski definition) is 5. The molecular formula is C12H16N4O3S. The Morgan fingerprint density at radius 1 is 1.40 bits per heavy atom. The Labute approximate surface area is 117 Å². The van der Waals surface area contributed by atoms with E-state index >= 15 is 0 Å². The lowest BCUT2D eigenvalue weighted by atomic mass is 10.3. The minimum Gasteiger partial charge on any atom is -0.490 e. The molecule has 0 atom stereocenters. The van der Waals surface area contributed by atoms with Crippen molar-refractivity contribution in [2.75, 3.05) is 18.9 Å². The molecule has 2 aromatic rings. The molecule has 0 bridgehead atoms. The van der Waals surface area contributed by atoms with Crippen molar-refractivity contribution in [3.63, 3.8) is 0 Å². The number of anilines is 1. The Hall–Kier alpha value is -2.06. The van der Waals surface area contributed by atoms with E-state index < -0.39 is 10.0 Å². The Kier molecular flexibility index (Phi) is 4.26. The Balaban J connectivity index is 1.88. The van der Waals surface area contributed by atoms with E-state index in [0.717, 1.165) is 0 Å². The smallest absolute Gasteiger partial charge is 0.244 e. The van der Waals surface area contributed by atoms with Gasteiger partial charge in [0.15, 0.2) is 0 Å².